The van der Waals surface area contributed by atoms with E-state index < -0.39 is 0 Å². The Hall–Kier alpha value is -2.02. The number of nitrogens with zero attached hydrogens (tertiary/aromatic N) is 2. The lowest BCUT2D eigenvalue weighted by atomic mass is 10.1. The third-order valence-electron chi connectivity index (χ3n) is 3.46. The summed E-state index contributed by atoms with van der Waals surface area (Å²) in [6.07, 6.45) is 2.33. The Morgan fingerprint density at radius 3 is 2.70 bits per heavy atom. The van der Waals surface area contributed by atoms with Crippen molar-refractivity contribution in [3.63, 3.8) is 0 Å². The molecule has 23 heavy (non-hydrogen) atoms. The molecule has 0 radical (unpaired) electrons. The van der Waals surface area contributed by atoms with Crippen LogP contribution in [-0.2, 0) is 13.0 Å². The van der Waals surface area contributed by atoms with Gasteiger partial charge in [0.2, 0.25) is 0 Å². The Balaban J connectivity index is 1.97. The molecule has 6 nitrogen and oxygen atoms in total. The Morgan fingerprint density at radius 2 is 2.04 bits per heavy atom. The summed E-state index contributed by atoms with van der Waals surface area (Å²) in [6.45, 7) is 3.11. The van der Waals surface area contributed by atoms with Crippen LogP contribution in [-0.4, -0.2) is 36.5 Å². The van der Waals surface area contributed by atoms with Gasteiger partial charge in [0.05, 0.1) is 24.9 Å². The largest absolute Gasteiger partial charge is 0.493 e. The monoisotopic (exact) mass is 381 g/mol. The van der Waals surface area contributed by atoms with Gasteiger partial charge in [-0.3, -0.25) is 9.48 Å². The Labute approximate surface area is 143 Å². The minimum absolute atomic E-state index is 0.142. The summed E-state index contributed by atoms with van der Waals surface area (Å²) in [7, 11) is 3.21. The van der Waals surface area contributed by atoms with Crippen LogP contribution in [0.5, 0.6) is 11.5 Å². The third-order valence-corrected chi connectivity index (χ3v) is 4.04. The summed E-state index contributed by atoms with van der Waals surface area (Å²) in [6, 6.07) is 5.73. The molecule has 1 amide bonds. The summed E-state index contributed by atoms with van der Waals surface area (Å²) >= 11 is 3.36. The molecule has 0 aliphatic heterocycles. The first-order valence-corrected chi connectivity index (χ1v) is 8.10. The SMILES string of the molecule is CCn1ncc(Br)c1C(=O)NCCc1ccc(OC)c(OC)c1. The average molecular weight is 382 g/mol. The van der Waals surface area contributed by atoms with Crippen LogP contribution in [0.4, 0.5) is 0 Å². The van der Waals surface area contributed by atoms with E-state index in [-0.39, 0.29) is 5.91 Å². The number of carbonyl (C=O) groups excluding carboxylic acids is 1. The molecule has 0 saturated heterocycles. The predicted octanol–water partition coefficient (Wildman–Crippen LogP) is 2.66. The summed E-state index contributed by atoms with van der Waals surface area (Å²) in [4.78, 5) is 12.3. The molecule has 0 fully saturated rings. The van der Waals surface area contributed by atoms with Gasteiger partial charge in [-0.05, 0) is 47.0 Å². The molecule has 2 aromatic rings. The van der Waals surface area contributed by atoms with Gasteiger partial charge < -0.3 is 14.8 Å². The van der Waals surface area contributed by atoms with Crippen LogP contribution in [0.3, 0.4) is 0 Å². The second-order valence-electron chi connectivity index (χ2n) is 4.85. The fourth-order valence-corrected chi connectivity index (χ4v) is 2.74. The predicted molar refractivity (Wildman–Crippen MR) is 91.2 cm³/mol. The number of halogens is 1. The van der Waals surface area contributed by atoms with E-state index in [9.17, 15) is 4.79 Å². The van der Waals surface area contributed by atoms with Gasteiger partial charge in [0.25, 0.3) is 5.91 Å². The molecule has 1 heterocycles. The molecular formula is C16H20BrN3O3. The number of amides is 1. The van der Waals surface area contributed by atoms with Crippen LogP contribution in [0.2, 0.25) is 0 Å². The summed E-state index contributed by atoms with van der Waals surface area (Å²) in [5.41, 5.74) is 1.60. The smallest absolute Gasteiger partial charge is 0.270 e. The van der Waals surface area contributed by atoms with Gasteiger partial charge in [0.15, 0.2) is 11.5 Å². The van der Waals surface area contributed by atoms with Gasteiger partial charge in [0.1, 0.15) is 5.69 Å². The van der Waals surface area contributed by atoms with Crippen LogP contribution in [0.25, 0.3) is 0 Å². The first kappa shape index (κ1) is 17.3. The van der Waals surface area contributed by atoms with E-state index in [1.807, 2.05) is 25.1 Å². The molecule has 0 aliphatic carbocycles. The lowest BCUT2D eigenvalue weighted by molar-refractivity contribution is 0.0942. The van der Waals surface area contributed by atoms with Crippen molar-refractivity contribution in [3.8, 4) is 11.5 Å². The molecule has 124 valence electrons. The highest BCUT2D eigenvalue weighted by Gasteiger charge is 2.15. The maximum Gasteiger partial charge on any atom is 0.270 e. The maximum absolute atomic E-state index is 12.3. The zero-order chi connectivity index (χ0) is 16.8. The fourth-order valence-electron chi connectivity index (χ4n) is 2.27. The normalized spacial score (nSPS) is 10.4. The average Bonchev–Trinajstić information content (AvgIpc) is 2.95. The highest BCUT2D eigenvalue weighted by Crippen LogP contribution is 2.27. The van der Waals surface area contributed by atoms with Crippen molar-refractivity contribution < 1.29 is 14.3 Å². The molecule has 0 aliphatic rings. The Bertz CT molecular complexity index is 685. The quantitative estimate of drug-likeness (QED) is 0.800. The summed E-state index contributed by atoms with van der Waals surface area (Å²) in [5.74, 6) is 1.23. The van der Waals surface area contributed by atoms with Gasteiger partial charge in [0, 0.05) is 13.1 Å². The van der Waals surface area contributed by atoms with Crippen molar-refractivity contribution in [1.82, 2.24) is 15.1 Å². The van der Waals surface area contributed by atoms with Gasteiger partial charge in [-0.15, -0.1) is 0 Å². The van der Waals surface area contributed by atoms with Crippen LogP contribution >= 0.6 is 15.9 Å². The number of hydrogen-bond acceptors (Lipinski definition) is 4. The van der Waals surface area contributed by atoms with E-state index in [0.717, 1.165) is 5.56 Å². The molecule has 0 spiro atoms. The lowest BCUT2D eigenvalue weighted by Gasteiger charge is -2.10. The topological polar surface area (TPSA) is 65.4 Å². The van der Waals surface area contributed by atoms with E-state index >= 15 is 0 Å². The van der Waals surface area contributed by atoms with Gasteiger partial charge in [-0.25, -0.2) is 0 Å². The van der Waals surface area contributed by atoms with Crippen molar-refractivity contribution in [3.05, 3.63) is 40.1 Å². The molecule has 2 rings (SSSR count). The van der Waals surface area contributed by atoms with Crippen LogP contribution in [0, 0.1) is 0 Å². The van der Waals surface area contributed by atoms with Gasteiger partial charge in [-0.2, -0.15) is 5.10 Å². The lowest BCUT2D eigenvalue weighted by Crippen LogP contribution is -2.28. The summed E-state index contributed by atoms with van der Waals surface area (Å²) < 4.78 is 12.9. The fraction of sp³-hybridized carbons (Fsp3) is 0.375. The number of ether oxygens (including phenoxy) is 2. The number of aryl methyl sites for hydroxylation is 1. The third kappa shape index (κ3) is 4.04. The molecule has 0 atom stereocenters. The van der Waals surface area contributed by atoms with E-state index in [1.54, 1.807) is 25.1 Å². The highest BCUT2D eigenvalue weighted by atomic mass is 79.9. The second-order valence-corrected chi connectivity index (χ2v) is 5.71. The number of carbonyl (C=O) groups is 1. The molecule has 1 aromatic heterocycles. The van der Waals surface area contributed by atoms with Crippen molar-refractivity contribution in [2.75, 3.05) is 20.8 Å². The van der Waals surface area contributed by atoms with Gasteiger partial charge in [-0.1, -0.05) is 6.07 Å². The second kappa shape index (κ2) is 8.01. The van der Waals surface area contributed by atoms with Crippen molar-refractivity contribution in [1.29, 1.82) is 0 Å². The standard InChI is InChI=1S/C16H20BrN3O3/c1-4-20-15(12(17)10-19-20)16(21)18-8-7-11-5-6-13(22-2)14(9-11)23-3/h5-6,9-10H,4,7-8H2,1-3H3,(H,18,21). The van der Waals surface area contributed by atoms with E-state index in [4.69, 9.17) is 9.47 Å². The van der Waals surface area contributed by atoms with E-state index in [2.05, 4.69) is 26.3 Å². The zero-order valence-electron chi connectivity index (χ0n) is 13.4. The van der Waals surface area contributed by atoms with Crippen molar-refractivity contribution >= 4 is 21.8 Å². The van der Waals surface area contributed by atoms with Crippen LogP contribution < -0.4 is 14.8 Å². The number of nitrogens with one attached hydrogen (secondary N) is 1. The number of aromatic nitrogens is 2. The van der Waals surface area contributed by atoms with Crippen LogP contribution in [0.15, 0.2) is 28.9 Å². The minimum atomic E-state index is -0.142. The Kier molecular flexibility index (Phi) is 6.04. The van der Waals surface area contributed by atoms with Crippen molar-refractivity contribution in [2.45, 2.75) is 19.9 Å². The summed E-state index contributed by atoms with van der Waals surface area (Å²) in [5, 5.41) is 7.06. The van der Waals surface area contributed by atoms with E-state index in [0.29, 0.717) is 41.2 Å². The zero-order valence-corrected chi connectivity index (χ0v) is 15.0. The highest BCUT2D eigenvalue weighted by molar-refractivity contribution is 9.10. The maximum atomic E-state index is 12.3. The van der Waals surface area contributed by atoms with Crippen LogP contribution in [0.1, 0.15) is 23.0 Å². The molecule has 7 heteroatoms. The molecule has 0 saturated carbocycles. The molecule has 1 N–H and O–H groups in total. The van der Waals surface area contributed by atoms with E-state index in [1.165, 1.54) is 0 Å². The van der Waals surface area contributed by atoms with Crippen molar-refractivity contribution in [2.24, 2.45) is 0 Å². The molecule has 0 bridgehead atoms. The first-order chi connectivity index (χ1) is 11.1. The number of hydrogen-bond donors (Lipinski definition) is 1. The van der Waals surface area contributed by atoms with Gasteiger partial charge >= 0.3 is 0 Å². The molecule has 0 unspecified atom stereocenters. The number of methoxy groups -OCH3 is 2. The Morgan fingerprint density at radius 1 is 1.30 bits per heavy atom. The first-order valence-electron chi connectivity index (χ1n) is 7.31. The molecular weight excluding hydrogens is 362 g/mol. The number of rotatable bonds is 7. The number of benzene rings is 1. The minimum Gasteiger partial charge on any atom is -0.493 e. The molecule has 1 aromatic carbocycles.